The largest absolute Gasteiger partial charge is 0.483 e. The molecule has 3 rings (SSSR count). The number of amidine groups is 1. The molecule has 3 aromatic rings. The first-order chi connectivity index (χ1) is 15.3. The summed E-state index contributed by atoms with van der Waals surface area (Å²) < 4.78 is 5.42. The Hall–Kier alpha value is -4.04. The first-order valence-electron chi connectivity index (χ1n) is 9.61. The van der Waals surface area contributed by atoms with E-state index < -0.39 is 5.91 Å². The lowest BCUT2D eigenvalue weighted by atomic mass is 10.1. The predicted octanol–water partition coefficient (Wildman–Crippen LogP) is 3.16. The molecular weight excluding hydrogens is 430 g/mol. The summed E-state index contributed by atoms with van der Waals surface area (Å²) in [5.74, 6) is -0.845. The average molecular weight is 452 g/mol. The average Bonchev–Trinajstić information content (AvgIpc) is 2.76. The summed E-state index contributed by atoms with van der Waals surface area (Å²) in [4.78, 5) is 23.9. The van der Waals surface area contributed by atoms with Crippen LogP contribution in [0.5, 0.6) is 5.75 Å². The summed E-state index contributed by atoms with van der Waals surface area (Å²) in [6, 6.07) is 19.3. The maximum atomic E-state index is 12.8. The van der Waals surface area contributed by atoms with Gasteiger partial charge in [-0.05, 0) is 36.4 Å². The molecule has 0 aliphatic heterocycles. The third-order valence-corrected chi connectivity index (χ3v) is 4.63. The number of primary amides is 1. The standard InChI is InChI=1S/C23H22ClN5O3/c24-17-8-16(9-19(11-17)29-18-4-2-1-3-5-18)23(31)28-12-15-7-6-14(22(26)27)10-20(15)32-13-21(25)30/h1-11,29H,12-13H2,(H2,25,30)(H3,26,27)(H,28,31). The summed E-state index contributed by atoms with van der Waals surface area (Å²) in [5.41, 5.74) is 13.6. The number of hydrogen-bond acceptors (Lipinski definition) is 5. The minimum absolute atomic E-state index is 0.110. The topological polar surface area (TPSA) is 143 Å². The molecule has 0 aliphatic rings. The molecule has 0 saturated heterocycles. The van der Waals surface area contributed by atoms with Crippen LogP contribution in [0.4, 0.5) is 11.4 Å². The molecule has 0 aromatic heterocycles. The minimum Gasteiger partial charge on any atom is -0.483 e. The Morgan fingerprint density at radius 1 is 0.938 bits per heavy atom. The van der Waals surface area contributed by atoms with Gasteiger partial charge in [-0.3, -0.25) is 15.0 Å². The van der Waals surface area contributed by atoms with Crippen molar-refractivity contribution in [1.29, 1.82) is 5.41 Å². The van der Waals surface area contributed by atoms with Crippen molar-refractivity contribution in [2.45, 2.75) is 6.54 Å². The highest BCUT2D eigenvalue weighted by molar-refractivity contribution is 6.31. The van der Waals surface area contributed by atoms with Crippen LogP contribution in [-0.4, -0.2) is 24.3 Å². The van der Waals surface area contributed by atoms with Gasteiger partial charge in [-0.15, -0.1) is 0 Å². The zero-order chi connectivity index (χ0) is 23.1. The number of carbonyl (C=O) groups is 2. The van der Waals surface area contributed by atoms with Gasteiger partial charge in [0.2, 0.25) is 0 Å². The van der Waals surface area contributed by atoms with Crippen molar-refractivity contribution in [2.24, 2.45) is 11.5 Å². The number of amides is 2. The zero-order valence-electron chi connectivity index (χ0n) is 17.0. The van der Waals surface area contributed by atoms with Crippen LogP contribution in [0.3, 0.4) is 0 Å². The van der Waals surface area contributed by atoms with Gasteiger partial charge in [-0.2, -0.15) is 0 Å². The fourth-order valence-electron chi connectivity index (χ4n) is 2.91. The summed E-state index contributed by atoms with van der Waals surface area (Å²) in [5, 5.41) is 14.0. The third-order valence-electron chi connectivity index (χ3n) is 4.41. The van der Waals surface area contributed by atoms with Crippen molar-refractivity contribution in [2.75, 3.05) is 11.9 Å². The molecule has 0 saturated carbocycles. The van der Waals surface area contributed by atoms with Crippen molar-refractivity contribution < 1.29 is 14.3 Å². The molecule has 2 amide bonds. The first-order valence-corrected chi connectivity index (χ1v) is 9.99. The van der Waals surface area contributed by atoms with E-state index in [1.807, 2.05) is 30.3 Å². The molecule has 0 heterocycles. The van der Waals surface area contributed by atoms with Gasteiger partial charge in [0.25, 0.3) is 11.8 Å². The Balaban J connectivity index is 1.75. The van der Waals surface area contributed by atoms with E-state index in [9.17, 15) is 9.59 Å². The molecule has 0 bridgehead atoms. The number of para-hydroxylation sites is 1. The number of rotatable bonds is 9. The van der Waals surface area contributed by atoms with E-state index in [1.165, 1.54) is 6.07 Å². The Labute approximate surface area is 190 Å². The number of nitrogens with two attached hydrogens (primary N) is 2. The molecule has 0 spiro atoms. The highest BCUT2D eigenvalue weighted by Crippen LogP contribution is 2.24. The van der Waals surface area contributed by atoms with Gasteiger partial charge in [-0.25, -0.2) is 0 Å². The van der Waals surface area contributed by atoms with E-state index in [1.54, 1.807) is 30.3 Å². The SMILES string of the molecule is N=C(N)c1ccc(CNC(=O)c2cc(Cl)cc(Nc3ccccc3)c2)c(OCC(N)=O)c1. The molecule has 0 fully saturated rings. The zero-order valence-corrected chi connectivity index (χ0v) is 17.8. The fourth-order valence-corrected chi connectivity index (χ4v) is 3.15. The van der Waals surface area contributed by atoms with Gasteiger partial charge in [0, 0.05) is 39.6 Å². The van der Waals surface area contributed by atoms with E-state index >= 15 is 0 Å². The number of nitrogens with one attached hydrogen (secondary N) is 3. The highest BCUT2D eigenvalue weighted by atomic mass is 35.5. The van der Waals surface area contributed by atoms with Crippen molar-refractivity contribution in [3.8, 4) is 5.75 Å². The van der Waals surface area contributed by atoms with E-state index in [2.05, 4.69) is 10.6 Å². The monoisotopic (exact) mass is 451 g/mol. The van der Waals surface area contributed by atoms with E-state index in [4.69, 9.17) is 33.2 Å². The molecule has 0 atom stereocenters. The van der Waals surface area contributed by atoms with E-state index in [0.717, 1.165) is 5.69 Å². The van der Waals surface area contributed by atoms with Gasteiger partial charge in [-0.1, -0.05) is 41.9 Å². The van der Waals surface area contributed by atoms with Gasteiger partial charge in [0.15, 0.2) is 6.61 Å². The quantitative estimate of drug-likeness (QED) is 0.251. The third kappa shape index (κ3) is 6.23. The van der Waals surface area contributed by atoms with Crippen LogP contribution >= 0.6 is 11.6 Å². The van der Waals surface area contributed by atoms with Crippen LogP contribution in [0.1, 0.15) is 21.5 Å². The molecule has 7 N–H and O–H groups in total. The number of carbonyl (C=O) groups excluding carboxylic acids is 2. The summed E-state index contributed by atoms with van der Waals surface area (Å²) >= 11 is 6.20. The molecule has 8 nitrogen and oxygen atoms in total. The smallest absolute Gasteiger partial charge is 0.255 e. The first kappa shape index (κ1) is 22.6. The van der Waals surface area contributed by atoms with Crippen molar-refractivity contribution in [3.05, 3.63) is 88.4 Å². The number of hydrogen-bond donors (Lipinski definition) is 5. The molecule has 3 aromatic carbocycles. The molecule has 164 valence electrons. The number of ether oxygens (including phenoxy) is 1. The summed E-state index contributed by atoms with van der Waals surface area (Å²) in [7, 11) is 0. The van der Waals surface area contributed by atoms with Gasteiger partial charge in [0.05, 0.1) is 0 Å². The van der Waals surface area contributed by atoms with Crippen LogP contribution in [0.2, 0.25) is 5.02 Å². The fraction of sp³-hybridized carbons (Fsp3) is 0.0870. The van der Waals surface area contributed by atoms with Gasteiger partial charge < -0.3 is 26.8 Å². The Morgan fingerprint density at radius 3 is 2.38 bits per heavy atom. The lowest BCUT2D eigenvalue weighted by molar-refractivity contribution is -0.119. The van der Waals surface area contributed by atoms with Crippen LogP contribution in [0.25, 0.3) is 0 Å². The maximum Gasteiger partial charge on any atom is 0.255 e. The highest BCUT2D eigenvalue weighted by Gasteiger charge is 2.12. The lowest BCUT2D eigenvalue weighted by Crippen LogP contribution is -2.24. The second-order valence-electron chi connectivity index (χ2n) is 6.89. The summed E-state index contributed by atoms with van der Waals surface area (Å²) in [6.45, 7) is -0.232. The predicted molar refractivity (Wildman–Crippen MR) is 124 cm³/mol. The van der Waals surface area contributed by atoms with E-state index in [-0.39, 0.29) is 24.9 Å². The van der Waals surface area contributed by atoms with Gasteiger partial charge in [0.1, 0.15) is 11.6 Å². The Kier molecular flexibility index (Phi) is 7.30. The number of benzene rings is 3. The molecule has 0 aliphatic carbocycles. The minimum atomic E-state index is -0.648. The van der Waals surface area contributed by atoms with Crippen LogP contribution in [0, 0.1) is 5.41 Å². The van der Waals surface area contributed by atoms with Crippen LogP contribution < -0.4 is 26.8 Å². The van der Waals surface area contributed by atoms with Crippen molar-refractivity contribution in [1.82, 2.24) is 5.32 Å². The van der Waals surface area contributed by atoms with Crippen LogP contribution in [-0.2, 0) is 11.3 Å². The van der Waals surface area contributed by atoms with Crippen LogP contribution in [0.15, 0.2) is 66.7 Å². The maximum absolute atomic E-state index is 12.8. The molecule has 0 radical (unpaired) electrons. The Bertz CT molecular complexity index is 1150. The van der Waals surface area contributed by atoms with Gasteiger partial charge >= 0.3 is 0 Å². The van der Waals surface area contributed by atoms with Crippen molar-refractivity contribution in [3.63, 3.8) is 0 Å². The second-order valence-corrected chi connectivity index (χ2v) is 7.33. The lowest BCUT2D eigenvalue weighted by Gasteiger charge is -2.14. The number of halogens is 1. The second kappa shape index (κ2) is 10.3. The molecule has 32 heavy (non-hydrogen) atoms. The van der Waals surface area contributed by atoms with E-state index in [0.29, 0.717) is 33.1 Å². The molecule has 0 unspecified atom stereocenters. The Morgan fingerprint density at radius 2 is 1.69 bits per heavy atom. The number of nitrogen functional groups attached to an aromatic ring is 1. The summed E-state index contributed by atoms with van der Waals surface area (Å²) in [6.07, 6.45) is 0. The normalized spacial score (nSPS) is 10.3. The molecule has 9 heteroatoms. The van der Waals surface area contributed by atoms with Crippen molar-refractivity contribution >= 4 is 40.6 Å². The number of anilines is 2. The molecular formula is C23H22ClN5O3.